The van der Waals surface area contributed by atoms with Crippen LogP contribution in [0.1, 0.15) is 24.0 Å². The van der Waals surface area contributed by atoms with E-state index < -0.39 is 0 Å². The summed E-state index contributed by atoms with van der Waals surface area (Å²) in [5, 5.41) is 3.13. The van der Waals surface area contributed by atoms with E-state index in [4.69, 9.17) is 9.47 Å². The van der Waals surface area contributed by atoms with Gasteiger partial charge in [-0.2, -0.15) is 0 Å². The van der Waals surface area contributed by atoms with Crippen LogP contribution in [0.3, 0.4) is 0 Å². The van der Waals surface area contributed by atoms with Gasteiger partial charge in [0.05, 0.1) is 13.2 Å². The minimum Gasteiger partial charge on any atom is -0.484 e. The largest absolute Gasteiger partial charge is 0.484 e. The number of benzene rings is 2. The Morgan fingerprint density at radius 1 is 0.909 bits per heavy atom. The molecule has 4 rings (SSSR count). The Hall–Kier alpha value is -2.90. The lowest BCUT2D eigenvalue weighted by Crippen LogP contribution is -2.44. The third-order valence-corrected chi connectivity index (χ3v) is 6.39. The first-order valence-electron chi connectivity index (χ1n) is 11.8. The zero-order chi connectivity index (χ0) is 22.9. The summed E-state index contributed by atoms with van der Waals surface area (Å²) in [5.41, 5.74) is 2.40. The fourth-order valence-electron chi connectivity index (χ4n) is 4.36. The first-order chi connectivity index (χ1) is 16.2. The van der Waals surface area contributed by atoms with E-state index >= 15 is 0 Å². The van der Waals surface area contributed by atoms with E-state index in [0.29, 0.717) is 38.2 Å². The van der Waals surface area contributed by atoms with Crippen molar-refractivity contribution in [3.63, 3.8) is 0 Å². The van der Waals surface area contributed by atoms with Gasteiger partial charge in [0.2, 0.25) is 5.91 Å². The molecule has 2 amide bonds. The Morgan fingerprint density at radius 2 is 1.58 bits per heavy atom. The molecule has 0 aromatic heterocycles. The van der Waals surface area contributed by atoms with Gasteiger partial charge < -0.3 is 19.7 Å². The number of piperidine rings is 1. The molecule has 2 aromatic carbocycles. The second kappa shape index (κ2) is 11.8. The number of carbonyl (C=O) groups is 2. The summed E-state index contributed by atoms with van der Waals surface area (Å²) in [5.74, 6) is 0.670. The molecular formula is C26H33N3O4. The molecule has 0 spiro atoms. The van der Waals surface area contributed by atoms with E-state index in [2.05, 4.69) is 28.4 Å². The number of rotatable bonds is 8. The number of amides is 2. The van der Waals surface area contributed by atoms with Crippen LogP contribution < -0.4 is 10.1 Å². The summed E-state index contributed by atoms with van der Waals surface area (Å²) in [6.07, 6.45) is 1.36. The normalized spacial score (nSPS) is 17.5. The molecule has 33 heavy (non-hydrogen) atoms. The summed E-state index contributed by atoms with van der Waals surface area (Å²) in [4.78, 5) is 29.4. The quantitative estimate of drug-likeness (QED) is 0.668. The first kappa shape index (κ1) is 23.3. The van der Waals surface area contributed by atoms with E-state index in [1.165, 1.54) is 5.56 Å². The first-order valence-corrected chi connectivity index (χ1v) is 11.8. The Kier molecular flexibility index (Phi) is 8.33. The summed E-state index contributed by atoms with van der Waals surface area (Å²) in [7, 11) is 0. The van der Waals surface area contributed by atoms with Gasteiger partial charge >= 0.3 is 0 Å². The van der Waals surface area contributed by atoms with Gasteiger partial charge in [0.15, 0.2) is 6.61 Å². The van der Waals surface area contributed by atoms with E-state index in [0.717, 1.165) is 38.4 Å². The van der Waals surface area contributed by atoms with Crippen molar-refractivity contribution in [1.29, 1.82) is 0 Å². The summed E-state index contributed by atoms with van der Waals surface area (Å²) in [6.45, 7) is 6.04. The number of nitrogens with one attached hydrogen (secondary N) is 1. The lowest BCUT2D eigenvalue weighted by molar-refractivity contribution is -0.137. The second-order valence-corrected chi connectivity index (χ2v) is 8.63. The monoisotopic (exact) mass is 451 g/mol. The third-order valence-electron chi connectivity index (χ3n) is 6.39. The van der Waals surface area contributed by atoms with Crippen LogP contribution in [0.4, 0.5) is 0 Å². The van der Waals surface area contributed by atoms with E-state index in [1.54, 1.807) is 4.90 Å². The molecule has 0 aliphatic carbocycles. The number of morpholine rings is 1. The molecule has 1 N–H and O–H groups in total. The van der Waals surface area contributed by atoms with Crippen molar-refractivity contribution in [2.45, 2.75) is 25.9 Å². The predicted molar refractivity (Wildman–Crippen MR) is 126 cm³/mol. The molecule has 0 atom stereocenters. The number of likely N-dealkylation sites (tertiary alicyclic amines) is 1. The molecular weight excluding hydrogens is 418 g/mol. The van der Waals surface area contributed by atoms with Gasteiger partial charge in [-0.25, -0.2) is 0 Å². The summed E-state index contributed by atoms with van der Waals surface area (Å²) < 4.78 is 11.0. The number of hydrogen-bond donors (Lipinski definition) is 1. The van der Waals surface area contributed by atoms with Crippen molar-refractivity contribution >= 4 is 11.8 Å². The zero-order valence-corrected chi connectivity index (χ0v) is 19.1. The topological polar surface area (TPSA) is 71.1 Å². The highest BCUT2D eigenvalue weighted by Gasteiger charge is 2.27. The van der Waals surface area contributed by atoms with Crippen LogP contribution in [-0.2, 0) is 27.4 Å². The average molecular weight is 452 g/mol. The molecule has 0 bridgehead atoms. The van der Waals surface area contributed by atoms with Crippen LogP contribution in [0, 0.1) is 5.92 Å². The number of ether oxygens (including phenoxy) is 2. The number of para-hydroxylation sites is 1. The van der Waals surface area contributed by atoms with Crippen LogP contribution in [0.15, 0.2) is 54.6 Å². The summed E-state index contributed by atoms with van der Waals surface area (Å²) in [6, 6.07) is 17.6. The number of carbonyl (C=O) groups excluding carboxylic acids is 2. The minimum atomic E-state index is -0.0597. The molecule has 2 saturated heterocycles. The standard InChI is InChI=1S/C26H33N3O4/c30-25(20-33-24-8-2-1-3-9-24)29-12-10-21(11-13-29)26(31)27-18-22-6-4-5-7-23(22)19-28-14-16-32-17-15-28/h1-9,21H,10-20H2,(H,27,31). The SMILES string of the molecule is O=C(NCc1ccccc1CN1CCOCC1)C1CCN(C(=O)COc2ccccc2)CC1. The fourth-order valence-corrected chi connectivity index (χ4v) is 4.36. The molecule has 2 aliphatic heterocycles. The van der Waals surface area contributed by atoms with Gasteiger partial charge in [-0.05, 0) is 36.1 Å². The van der Waals surface area contributed by atoms with Gasteiger partial charge in [0.25, 0.3) is 5.91 Å². The van der Waals surface area contributed by atoms with Crippen LogP contribution in [0.25, 0.3) is 0 Å². The molecule has 176 valence electrons. The molecule has 7 nitrogen and oxygen atoms in total. The Balaban J connectivity index is 1.21. The molecule has 0 radical (unpaired) electrons. The van der Waals surface area contributed by atoms with E-state index in [9.17, 15) is 9.59 Å². The fraction of sp³-hybridized carbons (Fsp3) is 0.462. The molecule has 0 saturated carbocycles. The van der Waals surface area contributed by atoms with Crippen molar-refractivity contribution in [3.05, 3.63) is 65.7 Å². The highest BCUT2D eigenvalue weighted by molar-refractivity contribution is 5.80. The highest BCUT2D eigenvalue weighted by Crippen LogP contribution is 2.19. The number of nitrogens with zero attached hydrogens (tertiary/aromatic N) is 2. The van der Waals surface area contributed by atoms with Crippen molar-refractivity contribution in [2.75, 3.05) is 46.0 Å². The molecule has 2 aromatic rings. The maximum atomic E-state index is 12.8. The van der Waals surface area contributed by atoms with Crippen molar-refractivity contribution in [2.24, 2.45) is 5.92 Å². The smallest absolute Gasteiger partial charge is 0.260 e. The second-order valence-electron chi connectivity index (χ2n) is 8.63. The van der Waals surface area contributed by atoms with Crippen molar-refractivity contribution in [1.82, 2.24) is 15.1 Å². The van der Waals surface area contributed by atoms with E-state index in [1.807, 2.05) is 36.4 Å². The Morgan fingerprint density at radius 3 is 2.30 bits per heavy atom. The Bertz CT molecular complexity index is 907. The van der Waals surface area contributed by atoms with E-state index in [-0.39, 0.29) is 24.3 Å². The summed E-state index contributed by atoms with van der Waals surface area (Å²) >= 11 is 0. The average Bonchev–Trinajstić information content (AvgIpc) is 2.88. The minimum absolute atomic E-state index is 0.0286. The Labute approximate surface area is 195 Å². The maximum Gasteiger partial charge on any atom is 0.260 e. The third kappa shape index (κ3) is 6.79. The van der Waals surface area contributed by atoms with Crippen molar-refractivity contribution < 1.29 is 19.1 Å². The number of hydrogen-bond acceptors (Lipinski definition) is 5. The van der Waals surface area contributed by atoms with Crippen LogP contribution >= 0.6 is 0 Å². The van der Waals surface area contributed by atoms with Crippen LogP contribution in [-0.4, -0.2) is 67.6 Å². The van der Waals surface area contributed by atoms with Gasteiger partial charge in [-0.15, -0.1) is 0 Å². The highest BCUT2D eigenvalue weighted by atomic mass is 16.5. The van der Waals surface area contributed by atoms with Gasteiger partial charge in [-0.1, -0.05) is 42.5 Å². The molecule has 0 unspecified atom stereocenters. The van der Waals surface area contributed by atoms with Crippen molar-refractivity contribution in [3.8, 4) is 5.75 Å². The van der Waals surface area contributed by atoms with Gasteiger partial charge in [-0.3, -0.25) is 14.5 Å². The molecule has 2 aliphatic rings. The molecule has 2 fully saturated rings. The lowest BCUT2D eigenvalue weighted by atomic mass is 9.95. The van der Waals surface area contributed by atoms with Crippen LogP contribution in [0.2, 0.25) is 0 Å². The van der Waals surface area contributed by atoms with Gasteiger partial charge in [0.1, 0.15) is 5.75 Å². The predicted octanol–water partition coefficient (Wildman–Crippen LogP) is 2.45. The molecule has 2 heterocycles. The molecule has 7 heteroatoms. The van der Waals surface area contributed by atoms with Crippen LogP contribution in [0.5, 0.6) is 5.75 Å². The van der Waals surface area contributed by atoms with Gasteiger partial charge in [0, 0.05) is 45.2 Å². The zero-order valence-electron chi connectivity index (χ0n) is 19.1. The lowest BCUT2D eigenvalue weighted by Gasteiger charge is -2.31. The maximum absolute atomic E-state index is 12.8.